The van der Waals surface area contributed by atoms with Gasteiger partial charge in [-0.2, -0.15) is 0 Å². The number of hydrogen-bond donors (Lipinski definition) is 3. The zero-order valence-electron chi connectivity index (χ0n) is 14.0. The van der Waals surface area contributed by atoms with Gasteiger partial charge in [0, 0.05) is 6.42 Å². The quantitative estimate of drug-likeness (QED) is 0.457. The van der Waals surface area contributed by atoms with Gasteiger partial charge in [0.15, 0.2) is 11.9 Å². The third kappa shape index (κ3) is 6.80. The average Bonchev–Trinajstić information content (AvgIpc) is 2.57. The molecule has 0 heterocycles. The highest BCUT2D eigenvalue weighted by Gasteiger charge is 2.27. The number of rotatable bonds is 9. The second-order valence-corrected chi connectivity index (χ2v) is 5.65. The van der Waals surface area contributed by atoms with E-state index in [1.807, 2.05) is 0 Å². The van der Waals surface area contributed by atoms with E-state index in [0.717, 1.165) is 12.1 Å². The summed E-state index contributed by atoms with van der Waals surface area (Å²) in [7, 11) is 0. The lowest BCUT2D eigenvalue weighted by Gasteiger charge is -2.20. The summed E-state index contributed by atoms with van der Waals surface area (Å²) in [5, 5.41) is 19.2. The number of amides is 1. The first-order chi connectivity index (χ1) is 11.7. The minimum atomic E-state index is -1.60. The third-order valence-electron chi connectivity index (χ3n) is 3.23. The van der Waals surface area contributed by atoms with Crippen molar-refractivity contribution in [3.8, 4) is 0 Å². The molecule has 1 aromatic carbocycles. The van der Waals surface area contributed by atoms with Crippen LogP contribution in [0.15, 0.2) is 24.3 Å². The largest absolute Gasteiger partial charge is 0.461 e. The molecule has 0 radical (unpaired) electrons. The first kappa shape index (κ1) is 20.4. The Morgan fingerprint density at radius 1 is 1.28 bits per heavy atom. The van der Waals surface area contributed by atoms with E-state index in [0.29, 0.717) is 6.21 Å². The number of aliphatic hydroxyl groups is 1. The standard InChI is InChI=1S/C17H21FN2O5/c1-10(2)25-17(24)14(8-7-13(21)9-19)20-16(23)15(22)11-3-5-12(18)6-4-11/h3-6,9-10,14-15,19,22H,7-8H2,1-2H3,(H,20,23)/t14-,15-/m0/s1. The molecule has 0 aliphatic rings. The molecule has 0 fully saturated rings. The lowest BCUT2D eigenvalue weighted by molar-refractivity contribution is -0.152. The molecular formula is C17H21FN2O5. The fraction of sp³-hybridized carbons (Fsp3) is 0.412. The number of ether oxygens (including phenoxy) is 1. The van der Waals surface area contributed by atoms with Crippen LogP contribution in [-0.4, -0.2) is 41.1 Å². The lowest BCUT2D eigenvalue weighted by atomic mass is 10.1. The number of aliphatic hydroxyl groups excluding tert-OH is 1. The molecule has 0 unspecified atom stereocenters. The number of benzene rings is 1. The van der Waals surface area contributed by atoms with Gasteiger partial charge < -0.3 is 20.6 Å². The lowest BCUT2D eigenvalue weighted by Crippen LogP contribution is -2.44. The molecule has 1 aromatic rings. The highest BCUT2D eigenvalue weighted by atomic mass is 19.1. The predicted molar refractivity (Wildman–Crippen MR) is 87.5 cm³/mol. The number of carbonyl (C=O) groups excluding carboxylic acids is 3. The normalized spacial score (nSPS) is 13.0. The first-order valence-corrected chi connectivity index (χ1v) is 7.72. The van der Waals surface area contributed by atoms with Crippen molar-refractivity contribution in [3.63, 3.8) is 0 Å². The van der Waals surface area contributed by atoms with E-state index in [4.69, 9.17) is 10.1 Å². The molecule has 0 aromatic heterocycles. The number of esters is 1. The van der Waals surface area contributed by atoms with Crippen LogP contribution in [0.5, 0.6) is 0 Å². The number of halogens is 1. The maximum absolute atomic E-state index is 12.9. The first-order valence-electron chi connectivity index (χ1n) is 7.72. The molecule has 25 heavy (non-hydrogen) atoms. The predicted octanol–water partition coefficient (Wildman–Crippen LogP) is 1.29. The summed E-state index contributed by atoms with van der Waals surface area (Å²) in [5.74, 6) is -2.64. The van der Waals surface area contributed by atoms with Crippen molar-refractivity contribution >= 4 is 23.9 Å². The summed E-state index contributed by atoms with van der Waals surface area (Å²) in [4.78, 5) is 35.4. The molecular weight excluding hydrogens is 331 g/mol. The zero-order valence-corrected chi connectivity index (χ0v) is 14.0. The van der Waals surface area contributed by atoms with Gasteiger partial charge >= 0.3 is 5.97 Å². The molecule has 0 aliphatic heterocycles. The third-order valence-corrected chi connectivity index (χ3v) is 3.23. The monoisotopic (exact) mass is 352 g/mol. The van der Waals surface area contributed by atoms with E-state index >= 15 is 0 Å². The summed E-state index contributed by atoms with van der Waals surface area (Å²) in [6.45, 7) is 3.26. The highest BCUT2D eigenvalue weighted by Crippen LogP contribution is 2.14. The van der Waals surface area contributed by atoms with Crippen molar-refractivity contribution in [3.05, 3.63) is 35.6 Å². The summed E-state index contributed by atoms with van der Waals surface area (Å²) < 4.78 is 17.9. The van der Waals surface area contributed by atoms with E-state index in [2.05, 4.69) is 5.32 Å². The molecule has 136 valence electrons. The van der Waals surface area contributed by atoms with Gasteiger partial charge in [0.25, 0.3) is 5.91 Å². The molecule has 3 N–H and O–H groups in total. The zero-order chi connectivity index (χ0) is 19.0. The van der Waals surface area contributed by atoms with Crippen LogP contribution in [-0.2, 0) is 19.1 Å². The van der Waals surface area contributed by atoms with Gasteiger partial charge in [0.05, 0.1) is 12.3 Å². The van der Waals surface area contributed by atoms with Crippen LogP contribution in [0.25, 0.3) is 0 Å². The Bertz CT molecular complexity index is 630. The Labute approximate surface area is 144 Å². The summed E-state index contributed by atoms with van der Waals surface area (Å²) in [6.07, 6.45) is -1.60. The SMILES string of the molecule is CC(C)OC(=O)[C@H](CCC(=O)C=N)NC(=O)[C@@H](O)c1ccc(F)cc1. The summed E-state index contributed by atoms with van der Waals surface area (Å²) >= 11 is 0. The van der Waals surface area contributed by atoms with Gasteiger partial charge in [0.2, 0.25) is 0 Å². The van der Waals surface area contributed by atoms with Gasteiger partial charge in [0.1, 0.15) is 11.9 Å². The van der Waals surface area contributed by atoms with Crippen molar-refractivity contribution in [2.45, 2.75) is 44.9 Å². The van der Waals surface area contributed by atoms with Crippen LogP contribution in [0, 0.1) is 11.2 Å². The van der Waals surface area contributed by atoms with E-state index in [1.165, 1.54) is 12.1 Å². The fourth-order valence-electron chi connectivity index (χ4n) is 1.97. The molecule has 0 aliphatic carbocycles. The van der Waals surface area contributed by atoms with E-state index in [-0.39, 0.29) is 18.4 Å². The Morgan fingerprint density at radius 3 is 2.40 bits per heavy atom. The molecule has 0 bridgehead atoms. The average molecular weight is 352 g/mol. The second kappa shape index (κ2) is 9.63. The van der Waals surface area contributed by atoms with Crippen molar-refractivity contribution in [2.24, 2.45) is 0 Å². The molecule has 0 saturated heterocycles. The molecule has 1 rings (SSSR count). The molecule has 2 atom stereocenters. The number of Topliss-reactive ketones (excluding diaryl/α,β-unsaturated/α-hetero) is 1. The number of nitrogens with one attached hydrogen (secondary N) is 2. The van der Waals surface area contributed by atoms with Crippen LogP contribution in [0.2, 0.25) is 0 Å². The van der Waals surface area contributed by atoms with Crippen molar-refractivity contribution in [1.29, 1.82) is 5.41 Å². The van der Waals surface area contributed by atoms with Gasteiger partial charge in [-0.25, -0.2) is 9.18 Å². The number of carbonyl (C=O) groups is 3. The van der Waals surface area contributed by atoms with Crippen LogP contribution in [0.1, 0.15) is 38.4 Å². The maximum atomic E-state index is 12.9. The fourth-order valence-corrected chi connectivity index (χ4v) is 1.97. The molecule has 0 saturated carbocycles. The molecule has 1 amide bonds. The topological polar surface area (TPSA) is 117 Å². The highest BCUT2D eigenvalue weighted by molar-refractivity contribution is 6.26. The minimum Gasteiger partial charge on any atom is -0.461 e. The second-order valence-electron chi connectivity index (χ2n) is 5.65. The van der Waals surface area contributed by atoms with Crippen molar-refractivity contribution in [1.82, 2.24) is 5.32 Å². The van der Waals surface area contributed by atoms with Crippen molar-refractivity contribution in [2.75, 3.05) is 0 Å². The van der Waals surface area contributed by atoms with Crippen LogP contribution in [0.4, 0.5) is 4.39 Å². The van der Waals surface area contributed by atoms with Crippen molar-refractivity contribution < 1.29 is 28.6 Å². The Morgan fingerprint density at radius 2 is 1.88 bits per heavy atom. The Kier molecular flexibility index (Phi) is 7.87. The van der Waals surface area contributed by atoms with E-state index in [9.17, 15) is 23.9 Å². The molecule has 7 nitrogen and oxygen atoms in total. The van der Waals surface area contributed by atoms with E-state index < -0.39 is 41.7 Å². The van der Waals surface area contributed by atoms with Gasteiger partial charge in [-0.1, -0.05) is 12.1 Å². The van der Waals surface area contributed by atoms with Gasteiger partial charge in [-0.15, -0.1) is 0 Å². The number of hydrogen-bond acceptors (Lipinski definition) is 6. The summed E-state index contributed by atoms with van der Waals surface area (Å²) in [6, 6.07) is 3.55. The smallest absolute Gasteiger partial charge is 0.328 e. The minimum absolute atomic E-state index is 0.0678. The maximum Gasteiger partial charge on any atom is 0.328 e. The van der Waals surface area contributed by atoms with Crippen LogP contribution >= 0.6 is 0 Å². The van der Waals surface area contributed by atoms with Crippen LogP contribution < -0.4 is 5.32 Å². The van der Waals surface area contributed by atoms with E-state index in [1.54, 1.807) is 13.8 Å². The summed E-state index contributed by atoms with van der Waals surface area (Å²) in [5.41, 5.74) is 0.158. The Hall–Kier alpha value is -2.61. The molecule has 0 spiro atoms. The molecule has 8 heteroatoms. The number of ketones is 1. The Balaban J connectivity index is 2.81. The van der Waals surface area contributed by atoms with Crippen LogP contribution in [0.3, 0.4) is 0 Å². The van der Waals surface area contributed by atoms with Gasteiger partial charge in [-0.05, 0) is 38.0 Å². The van der Waals surface area contributed by atoms with Gasteiger partial charge in [-0.3, -0.25) is 9.59 Å².